The zero-order chi connectivity index (χ0) is 13.7. The van der Waals surface area contributed by atoms with Crippen molar-refractivity contribution in [3.8, 4) is 0 Å². The van der Waals surface area contributed by atoms with E-state index in [4.69, 9.17) is 0 Å². The van der Waals surface area contributed by atoms with Gasteiger partial charge in [0.1, 0.15) is 11.6 Å². The van der Waals surface area contributed by atoms with Crippen molar-refractivity contribution in [3.05, 3.63) is 65.5 Å². The Balaban J connectivity index is 1.89. The number of rotatable bonds is 5. The van der Waals surface area contributed by atoms with Gasteiger partial charge in [-0.2, -0.15) is 0 Å². The molecule has 0 aliphatic rings. The van der Waals surface area contributed by atoms with E-state index >= 15 is 0 Å². The van der Waals surface area contributed by atoms with Gasteiger partial charge in [-0.15, -0.1) is 0 Å². The smallest absolute Gasteiger partial charge is 0.129 e. The molecule has 0 radical (unpaired) electrons. The van der Waals surface area contributed by atoms with E-state index in [2.05, 4.69) is 4.98 Å². The van der Waals surface area contributed by atoms with Crippen LogP contribution in [0.5, 0.6) is 0 Å². The molecular formula is C15H15F2NO. The van der Waals surface area contributed by atoms with Gasteiger partial charge in [0.05, 0.1) is 6.10 Å². The summed E-state index contributed by atoms with van der Waals surface area (Å²) in [4.78, 5) is 3.91. The second-order valence-corrected chi connectivity index (χ2v) is 4.49. The van der Waals surface area contributed by atoms with E-state index in [0.717, 1.165) is 11.6 Å². The molecule has 0 spiro atoms. The fraction of sp³-hybridized carbons (Fsp3) is 0.267. The number of hydrogen-bond donors (Lipinski definition) is 1. The molecule has 2 aromatic rings. The normalized spacial score (nSPS) is 12.4. The summed E-state index contributed by atoms with van der Waals surface area (Å²) in [5.74, 6) is -1.21. The van der Waals surface area contributed by atoms with Crippen molar-refractivity contribution >= 4 is 0 Å². The molecule has 1 aromatic heterocycles. The minimum Gasteiger partial charge on any atom is -0.393 e. The van der Waals surface area contributed by atoms with Crippen molar-refractivity contribution in [1.29, 1.82) is 0 Å². The van der Waals surface area contributed by atoms with Gasteiger partial charge in [-0.1, -0.05) is 6.07 Å². The number of benzene rings is 1. The number of aliphatic hydroxyl groups is 1. The Morgan fingerprint density at radius 3 is 2.53 bits per heavy atom. The number of hydrogen-bond acceptors (Lipinski definition) is 2. The highest BCUT2D eigenvalue weighted by Gasteiger charge is 2.10. The molecule has 1 unspecified atom stereocenters. The molecule has 1 heterocycles. The summed E-state index contributed by atoms with van der Waals surface area (Å²) >= 11 is 0. The number of pyridine rings is 1. The number of aryl methyl sites for hydroxylation is 1. The van der Waals surface area contributed by atoms with Crippen molar-refractivity contribution in [2.45, 2.75) is 25.4 Å². The van der Waals surface area contributed by atoms with Gasteiger partial charge in [-0.05, 0) is 42.2 Å². The Labute approximate surface area is 110 Å². The quantitative estimate of drug-likeness (QED) is 0.899. The van der Waals surface area contributed by atoms with Gasteiger partial charge in [0, 0.05) is 24.9 Å². The average molecular weight is 263 g/mol. The summed E-state index contributed by atoms with van der Waals surface area (Å²) in [5.41, 5.74) is 1.41. The molecule has 0 aliphatic carbocycles. The Kier molecular flexibility index (Phi) is 4.58. The molecule has 1 N–H and O–H groups in total. The van der Waals surface area contributed by atoms with E-state index in [1.807, 2.05) is 12.1 Å². The van der Waals surface area contributed by atoms with Crippen molar-refractivity contribution in [2.75, 3.05) is 0 Å². The zero-order valence-corrected chi connectivity index (χ0v) is 10.4. The first kappa shape index (κ1) is 13.6. The van der Waals surface area contributed by atoms with Crippen molar-refractivity contribution in [3.63, 3.8) is 0 Å². The zero-order valence-electron chi connectivity index (χ0n) is 10.4. The van der Waals surface area contributed by atoms with Crippen molar-refractivity contribution in [1.82, 2.24) is 4.98 Å². The van der Waals surface area contributed by atoms with E-state index < -0.39 is 17.7 Å². The van der Waals surface area contributed by atoms with Gasteiger partial charge in [-0.3, -0.25) is 4.98 Å². The Morgan fingerprint density at radius 2 is 1.84 bits per heavy atom. The number of aliphatic hydroxyl groups excluding tert-OH is 1. The van der Waals surface area contributed by atoms with Crippen LogP contribution in [-0.2, 0) is 12.8 Å². The van der Waals surface area contributed by atoms with Crippen LogP contribution in [0.1, 0.15) is 17.5 Å². The lowest BCUT2D eigenvalue weighted by Crippen LogP contribution is -2.12. The summed E-state index contributed by atoms with van der Waals surface area (Å²) in [6, 6.07) is 7.18. The largest absolute Gasteiger partial charge is 0.393 e. The van der Waals surface area contributed by atoms with Crippen LogP contribution in [0, 0.1) is 11.6 Å². The second kappa shape index (κ2) is 6.38. The molecule has 100 valence electrons. The number of nitrogens with zero attached hydrogens (tertiary/aromatic N) is 1. The molecule has 2 rings (SSSR count). The van der Waals surface area contributed by atoms with Gasteiger partial charge in [0.2, 0.25) is 0 Å². The fourth-order valence-corrected chi connectivity index (χ4v) is 1.93. The average Bonchev–Trinajstić information content (AvgIpc) is 2.41. The van der Waals surface area contributed by atoms with E-state index in [9.17, 15) is 13.9 Å². The lowest BCUT2D eigenvalue weighted by molar-refractivity contribution is 0.164. The van der Waals surface area contributed by atoms with Crippen LogP contribution in [0.2, 0.25) is 0 Å². The summed E-state index contributed by atoms with van der Waals surface area (Å²) in [6.45, 7) is 0. The third kappa shape index (κ3) is 4.10. The van der Waals surface area contributed by atoms with Gasteiger partial charge >= 0.3 is 0 Å². The fourth-order valence-electron chi connectivity index (χ4n) is 1.93. The van der Waals surface area contributed by atoms with Gasteiger partial charge in [0.15, 0.2) is 0 Å². The highest BCUT2D eigenvalue weighted by atomic mass is 19.1. The predicted molar refractivity (Wildman–Crippen MR) is 68.6 cm³/mol. The Morgan fingerprint density at radius 1 is 1.11 bits per heavy atom. The van der Waals surface area contributed by atoms with Gasteiger partial charge < -0.3 is 5.11 Å². The van der Waals surface area contributed by atoms with Crippen LogP contribution in [0.15, 0.2) is 42.7 Å². The van der Waals surface area contributed by atoms with Crippen LogP contribution in [-0.4, -0.2) is 16.2 Å². The molecule has 19 heavy (non-hydrogen) atoms. The predicted octanol–water partition coefficient (Wildman–Crippen LogP) is 2.90. The Bertz CT molecular complexity index is 531. The third-order valence-corrected chi connectivity index (χ3v) is 2.99. The maximum absolute atomic E-state index is 13.4. The highest BCUT2D eigenvalue weighted by molar-refractivity contribution is 5.19. The Hall–Kier alpha value is -1.81. The van der Waals surface area contributed by atoms with Crippen LogP contribution < -0.4 is 0 Å². The minimum absolute atomic E-state index is 0.192. The molecule has 0 aliphatic heterocycles. The number of halogens is 2. The SMILES string of the molecule is OC(CCc1ccncc1)Cc1ccc(F)cc1F. The van der Waals surface area contributed by atoms with Crippen molar-refractivity contribution < 1.29 is 13.9 Å². The molecule has 0 saturated heterocycles. The molecule has 1 atom stereocenters. The first-order chi connectivity index (χ1) is 9.15. The second-order valence-electron chi connectivity index (χ2n) is 4.49. The van der Waals surface area contributed by atoms with E-state index in [0.29, 0.717) is 18.4 Å². The summed E-state index contributed by atoms with van der Waals surface area (Å²) in [5, 5.41) is 9.88. The topological polar surface area (TPSA) is 33.1 Å². The van der Waals surface area contributed by atoms with Crippen LogP contribution in [0.25, 0.3) is 0 Å². The van der Waals surface area contributed by atoms with E-state index in [1.165, 1.54) is 12.1 Å². The van der Waals surface area contributed by atoms with E-state index in [1.54, 1.807) is 12.4 Å². The molecule has 1 aromatic carbocycles. The standard InChI is InChI=1S/C15H15F2NO/c16-13-3-2-12(15(17)10-13)9-14(19)4-1-11-5-7-18-8-6-11/h2-3,5-8,10,14,19H,1,4,9H2. The highest BCUT2D eigenvalue weighted by Crippen LogP contribution is 2.14. The summed E-state index contributed by atoms with van der Waals surface area (Å²) in [6.07, 6.45) is 4.17. The lowest BCUT2D eigenvalue weighted by atomic mass is 10.0. The monoisotopic (exact) mass is 263 g/mol. The molecule has 0 fully saturated rings. The van der Waals surface area contributed by atoms with Gasteiger partial charge in [0.25, 0.3) is 0 Å². The summed E-state index contributed by atoms with van der Waals surface area (Å²) < 4.78 is 26.2. The third-order valence-electron chi connectivity index (χ3n) is 2.99. The molecular weight excluding hydrogens is 248 g/mol. The first-order valence-electron chi connectivity index (χ1n) is 6.16. The molecule has 0 amide bonds. The van der Waals surface area contributed by atoms with Gasteiger partial charge in [-0.25, -0.2) is 8.78 Å². The molecule has 4 heteroatoms. The van der Waals surface area contributed by atoms with Crippen molar-refractivity contribution in [2.24, 2.45) is 0 Å². The van der Waals surface area contributed by atoms with Crippen LogP contribution in [0.3, 0.4) is 0 Å². The minimum atomic E-state index is -0.645. The van der Waals surface area contributed by atoms with Crippen LogP contribution >= 0.6 is 0 Å². The van der Waals surface area contributed by atoms with Crippen LogP contribution in [0.4, 0.5) is 8.78 Å². The maximum atomic E-state index is 13.4. The molecule has 2 nitrogen and oxygen atoms in total. The molecule has 0 saturated carbocycles. The molecule has 0 bridgehead atoms. The lowest BCUT2D eigenvalue weighted by Gasteiger charge is -2.11. The number of aromatic nitrogens is 1. The van der Waals surface area contributed by atoms with E-state index in [-0.39, 0.29) is 6.42 Å². The summed E-state index contributed by atoms with van der Waals surface area (Å²) in [7, 11) is 0. The first-order valence-corrected chi connectivity index (χ1v) is 6.16. The maximum Gasteiger partial charge on any atom is 0.129 e.